The maximum atomic E-state index is 11.8. The van der Waals surface area contributed by atoms with Crippen LogP contribution in [0, 0.1) is 10.1 Å². The average molecular weight is 358 g/mol. The highest BCUT2D eigenvalue weighted by molar-refractivity contribution is 7.99. The number of hydrogen-bond donors (Lipinski definition) is 1. The number of hydrogen-bond acceptors (Lipinski definition) is 6. The Labute approximate surface area is 141 Å². The van der Waals surface area contributed by atoms with Gasteiger partial charge in [-0.15, -0.1) is 0 Å². The molecule has 1 saturated carbocycles. The van der Waals surface area contributed by atoms with Gasteiger partial charge in [0.1, 0.15) is 4.90 Å². The van der Waals surface area contributed by atoms with E-state index in [0.29, 0.717) is 10.9 Å². The molecule has 2 atom stereocenters. The molecule has 128 valence electrons. The summed E-state index contributed by atoms with van der Waals surface area (Å²) < 4.78 is 23.6. The smallest absolute Gasteiger partial charge is 0.288 e. The van der Waals surface area contributed by atoms with E-state index < -0.39 is 14.8 Å². The molecule has 0 heterocycles. The van der Waals surface area contributed by atoms with Gasteiger partial charge in [0.2, 0.25) is 0 Å². The predicted octanol–water partition coefficient (Wildman–Crippen LogP) is 3.47. The molecular weight excluding hydrogens is 336 g/mol. The molecule has 1 aromatic rings. The van der Waals surface area contributed by atoms with Crippen LogP contribution >= 0.6 is 11.8 Å². The Morgan fingerprint density at radius 1 is 1.39 bits per heavy atom. The first kappa shape index (κ1) is 18.1. The molecule has 0 radical (unpaired) electrons. The lowest BCUT2D eigenvalue weighted by Crippen LogP contribution is -2.28. The molecule has 2 rings (SSSR count). The zero-order valence-electron chi connectivity index (χ0n) is 13.3. The van der Waals surface area contributed by atoms with Crippen molar-refractivity contribution in [3.8, 4) is 0 Å². The number of anilines is 1. The first-order valence-electron chi connectivity index (χ1n) is 7.68. The van der Waals surface area contributed by atoms with E-state index in [-0.39, 0.29) is 16.6 Å². The van der Waals surface area contributed by atoms with Crippen LogP contribution in [-0.2, 0) is 9.84 Å². The molecule has 1 aromatic carbocycles. The lowest BCUT2D eigenvalue weighted by Gasteiger charge is -2.30. The van der Waals surface area contributed by atoms with Crippen LogP contribution in [0.1, 0.15) is 32.6 Å². The molecule has 1 N–H and O–H groups in total. The summed E-state index contributed by atoms with van der Waals surface area (Å²) >= 11 is 1.96. The number of rotatable bonds is 6. The van der Waals surface area contributed by atoms with Gasteiger partial charge in [-0.25, -0.2) is 8.42 Å². The van der Waals surface area contributed by atoms with E-state index in [0.717, 1.165) is 31.3 Å². The van der Waals surface area contributed by atoms with Crippen molar-refractivity contribution in [2.24, 2.45) is 0 Å². The molecule has 6 nitrogen and oxygen atoms in total. The van der Waals surface area contributed by atoms with Crippen LogP contribution in [0.4, 0.5) is 11.4 Å². The number of thioether (sulfide) groups is 1. The van der Waals surface area contributed by atoms with Crippen molar-refractivity contribution in [1.29, 1.82) is 0 Å². The number of nitrogens with zero attached hydrogens (tertiary/aromatic N) is 1. The summed E-state index contributed by atoms with van der Waals surface area (Å²) in [4.78, 5) is 10.1. The van der Waals surface area contributed by atoms with Crippen LogP contribution in [0.2, 0.25) is 0 Å². The largest absolute Gasteiger partial charge is 0.382 e. The minimum absolute atomic E-state index is 0.234. The monoisotopic (exact) mass is 358 g/mol. The number of sulfone groups is 1. The summed E-state index contributed by atoms with van der Waals surface area (Å²) in [6.07, 6.45) is 5.41. The van der Waals surface area contributed by atoms with Crippen molar-refractivity contribution in [2.45, 2.75) is 48.8 Å². The summed E-state index contributed by atoms with van der Waals surface area (Å²) in [6.45, 7) is 2.15. The van der Waals surface area contributed by atoms with Crippen molar-refractivity contribution in [3.63, 3.8) is 0 Å². The van der Waals surface area contributed by atoms with Crippen molar-refractivity contribution < 1.29 is 13.3 Å². The summed E-state index contributed by atoms with van der Waals surface area (Å²) in [5.74, 6) is 1.09. The average Bonchev–Trinajstić information content (AvgIpc) is 2.47. The highest BCUT2D eigenvalue weighted by Crippen LogP contribution is 2.32. The third-order valence-electron chi connectivity index (χ3n) is 3.96. The molecule has 0 aliphatic heterocycles. The highest BCUT2D eigenvalue weighted by atomic mass is 32.2. The maximum absolute atomic E-state index is 11.8. The Hall–Kier alpha value is -1.28. The molecule has 1 aliphatic carbocycles. The van der Waals surface area contributed by atoms with Crippen molar-refractivity contribution >= 4 is 33.0 Å². The first-order chi connectivity index (χ1) is 10.8. The van der Waals surface area contributed by atoms with E-state index in [1.165, 1.54) is 18.6 Å². The summed E-state index contributed by atoms with van der Waals surface area (Å²) in [5.41, 5.74) is 0.254. The summed E-state index contributed by atoms with van der Waals surface area (Å²) in [6, 6.07) is 4.51. The fraction of sp³-hybridized carbons (Fsp3) is 0.600. The van der Waals surface area contributed by atoms with Gasteiger partial charge in [-0.2, -0.15) is 11.8 Å². The van der Waals surface area contributed by atoms with Gasteiger partial charge in [0.05, 0.1) is 4.92 Å². The van der Waals surface area contributed by atoms with Gasteiger partial charge < -0.3 is 5.32 Å². The van der Waals surface area contributed by atoms with Gasteiger partial charge in [0.15, 0.2) is 9.84 Å². The maximum Gasteiger partial charge on any atom is 0.288 e. The lowest BCUT2D eigenvalue weighted by molar-refractivity contribution is -0.387. The van der Waals surface area contributed by atoms with E-state index in [1.54, 1.807) is 6.07 Å². The Bertz CT molecular complexity index is 674. The summed E-state index contributed by atoms with van der Waals surface area (Å²) in [5, 5.41) is 15.0. The topological polar surface area (TPSA) is 89.3 Å². The van der Waals surface area contributed by atoms with Crippen LogP contribution in [0.3, 0.4) is 0 Å². The van der Waals surface area contributed by atoms with Crippen molar-refractivity contribution in [1.82, 2.24) is 0 Å². The van der Waals surface area contributed by atoms with Crippen molar-refractivity contribution in [2.75, 3.05) is 17.3 Å². The zero-order valence-corrected chi connectivity index (χ0v) is 15.0. The third-order valence-corrected chi connectivity index (χ3v) is 6.31. The Balaban J connectivity index is 2.19. The molecule has 0 saturated heterocycles. The number of nitrogens with one attached hydrogen (secondary N) is 1. The lowest BCUT2D eigenvalue weighted by atomic mass is 9.95. The van der Waals surface area contributed by atoms with E-state index in [2.05, 4.69) is 12.2 Å². The highest BCUT2D eigenvalue weighted by Gasteiger charge is 2.25. The van der Waals surface area contributed by atoms with Gasteiger partial charge in [-0.05, 0) is 37.1 Å². The van der Waals surface area contributed by atoms with Crippen LogP contribution in [0.15, 0.2) is 23.1 Å². The molecule has 1 fully saturated rings. The standard InChI is InChI=1S/C15H22N2O4S2/c1-3-22-13-6-4-5-11(9-13)16-12-7-8-14(17(18)19)15(10-12)23(2,20)21/h7-8,10-11,13,16H,3-6,9H2,1-2H3. The molecule has 0 aromatic heterocycles. The fourth-order valence-corrected chi connectivity index (χ4v) is 4.99. The van der Waals surface area contributed by atoms with Gasteiger partial charge in [0.25, 0.3) is 5.69 Å². The second-order valence-corrected chi connectivity index (χ2v) is 9.36. The first-order valence-corrected chi connectivity index (χ1v) is 10.6. The number of nitro benzene ring substituents is 1. The van der Waals surface area contributed by atoms with Gasteiger partial charge >= 0.3 is 0 Å². The fourth-order valence-electron chi connectivity index (χ4n) is 2.95. The van der Waals surface area contributed by atoms with Crippen LogP contribution in [-0.4, -0.2) is 36.6 Å². The molecule has 8 heteroatoms. The Kier molecular flexibility index (Phi) is 5.91. The Morgan fingerprint density at radius 3 is 2.74 bits per heavy atom. The second kappa shape index (κ2) is 7.53. The van der Waals surface area contributed by atoms with Crippen LogP contribution < -0.4 is 5.32 Å². The second-order valence-electron chi connectivity index (χ2n) is 5.80. The minimum Gasteiger partial charge on any atom is -0.382 e. The minimum atomic E-state index is -3.65. The Morgan fingerprint density at radius 2 is 2.13 bits per heavy atom. The van der Waals surface area contributed by atoms with Crippen molar-refractivity contribution in [3.05, 3.63) is 28.3 Å². The molecule has 2 unspecified atom stereocenters. The number of benzene rings is 1. The molecular formula is C15H22N2O4S2. The molecule has 0 bridgehead atoms. The summed E-state index contributed by atoms with van der Waals surface area (Å²) in [7, 11) is -3.65. The number of nitro groups is 1. The third kappa shape index (κ3) is 4.84. The van der Waals surface area contributed by atoms with Crippen LogP contribution in [0.25, 0.3) is 0 Å². The van der Waals surface area contributed by atoms with E-state index in [9.17, 15) is 18.5 Å². The molecule has 23 heavy (non-hydrogen) atoms. The molecule has 1 aliphatic rings. The molecule has 0 spiro atoms. The van der Waals surface area contributed by atoms with Gasteiger partial charge in [-0.3, -0.25) is 10.1 Å². The van der Waals surface area contributed by atoms with Gasteiger partial charge in [-0.1, -0.05) is 13.3 Å². The van der Waals surface area contributed by atoms with E-state index in [1.807, 2.05) is 11.8 Å². The SMILES string of the molecule is CCSC1CCCC(Nc2ccc([N+](=O)[O-])c(S(C)(=O)=O)c2)C1. The van der Waals surface area contributed by atoms with Crippen LogP contribution in [0.5, 0.6) is 0 Å². The van der Waals surface area contributed by atoms with E-state index >= 15 is 0 Å². The quantitative estimate of drug-likeness (QED) is 0.618. The van der Waals surface area contributed by atoms with E-state index in [4.69, 9.17) is 0 Å². The predicted molar refractivity (Wildman–Crippen MR) is 94.0 cm³/mol. The zero-order chi connectivity index (χ0) is 17.0. The van der Waals surface area contributed by atoms with Gasteiger partial charge in [0, 0.05) is 29.3 Å². The normalized spacial score (nSPS) is 21.8. The molecule has 0 amide bonds.